The highest BCUT2D eigenvalue weighted by molar-refractivity contribution is 5.88. The van der Waals surface area contributed by atoms with Crippen molar-refractivity contribution in [2.45, 2.75) is 25.4 Å². The molecule has 0 radical (unpaired) electrons. The molecule has 0 saturated carbocycles. The fourth-order valence-corrected chi connectivity index (χ4v) is 2.55. The molecule has 1 aromatic heterocycles. The molecule has 1 unspecified atom stereocenters. The first kappa shape index (κ1) is 11.9. The summed E-state index contributed by atoms with van der Waals surface area (Å²) >= 11 is 0. The number of nitrogens with one attached hydrogen (secondary N) is 1. The van der Waals surface area contributed by atoms with Gasteiger partial charge >= 0.3 is 5.97 Å². The van der Waals surface area contributed by atoms with Crippen molar-refractivity contribution in [2.75, 3.05) is 0 Å². The van der Waals surface area contributed by atoms with Crippen LogP contribution < -0.4 is 5.32 Å². The molecular formula is C14H14N2O3. The molecule has 2 N–H and O–H groups in total. The van der Waals surface area contributed by atoms with E-state index in [2.05, 4.69) is 22.6 Å². The van der Waals surface area contributed by atoms with Gasteiger partial charge in [-0.25, -0.2) is 4.79 Å². The molecule has 0 bridgehead atoms. The first-order chi connectivity index (χ1) is 9.25. The predicted molar refractivity (Wildman–Crippen MR) is 67.8 cm³/mol. The van der Waals surface area contributed by atoms with Crippen LogP contribution in [0.2, 0.25) is 0 Å². The number of aromatic nitrogens is 1. The lowest BCUT2D eigenvalue weighted by atomic mass is 10.1. The van der Waals surface area contributed by atoms with Gasteiger partial charge in [0.25, 0.3) is 0 Å². The fourth-order valence-electron chi connectivity index (χ4n) is 2.55. The smallest absolute Gasteiger partial charge is 0.341 e. The largest absolute Gasteiger partial charge is 0.478 e. The molecule has 3 rings (SSSR count). The van der Waals surface area contributed by atoms with Gasteiger partial charge in [-0.15, -0.1) is 0 Å². The van der Waals surface area contributed by atoms with Gasteiger partial charge in [-0.3, -0.25) is 0 Å². The highest BCUT2D eigenvalue weighted by Crippen LogP contribution is 2.30. The van der Waals surface area contributed by atoms with Crippen LogP contribution in [0.1, 0.15) is 39.7 Å². The average Bonchev–Trinajstić information content (AvgIpc) is 3.03. The summed E-state index contributed by atoms with van der Waals surface area (Å²) in [7, 11) is 0. The number of nitrogens with zero attached hydrogens (tertiary/aromatic N) is 1. The van der Waals surface area contributed by atoms with E-state index < -0.39 is 5.97 Å². The van der Waals surface area contributed by atoms with Crippen molar-refractivity contribution in [2.24, 2.45) is 0 Å². The van der Waals surface area contributed by atoms with Crippen LogP contribution in [-0.2, 0) is 13.0 Å². The zero-order valence-corrected chi connectivity index (χ0v) is 10.3. The van der Waals surface area contributed by atoms with E-state index >= 15 is 0 Å². The molecule has 5 heteroatoms. The van der Waals surface area contributed by atoms with Crippen molar-refractivity contribution in [3.05, 3.63) is 52.9 Å². The first-order valence-electron chi connectivity index (χ1n) is 6.23. The molecule has 1 atom stereocenters. The van der Waals surface area contributed by atoms with Crippen LogP contribution in [0.4, 0.5) is 0 Å². The summed E-state index contributed by atoms with van der Waals surface area (Å²) in [6.07, 6.45) is 3.31. The number of benzene rings is 1. The second-order valence-electron chi connectivity index (χ2n) is 4.64. The van der Waals surface area contributed by atoms with E-state index in [1.807, 2.05) is 12.1 Å². The van der Waals surface area contributed by atoms with E-state index in [0.29, 0.717) is 12.3 Å². The molecule has 1 aliphatic carbocycles. The molecule has 5 nitrogen and oxygen atoms in total. The van der Waals surface area contributed by atoms with Crippen molar-refractivity contribution >= 4 is 5.97 Å². The third kappa shape index (κ3) is 2.24. The molecule has 1 aromatic carbocycles. The van der Waals surface area contributed by atoms with Crippen LogP contribution in [0, 0.1) is 0 Å². The van der Waals surface area contributed by atoms with Crippen molar-refractivity contribution in [3.8, 4) is 0 Å². The maximum atomic E-state index is 10.9. The van der Waals surface area contributed by atoms with E-state index in [1.54, 1.807) is 0 Å². The number of carboxylic acid groups (broad SMARTS) is 1. The summed E-state index contributed by atoms with van der Waals surface area (Å²) in [6.45, 7) is 0.376. The fraction of sp³-hybridized carbons (Fsp3) is 0.286. The summed E-state index contributed by atoms with van der Waals surface area (Å²) in [6, 6.07) is 8.56. The molecule has 98 valence electrons. The van der Waals surface area contributed by atoms with Gasteiger partial charge in [0.05, 0.1) is 12.7 Å². The molecule has 0 saturated heterocycles. The standard InChI is InChI=1S/C14H14N2O3/c17-14(18)11-7-16-19-13(11)8-15-12-6-5-9-3-1-2-4-10(9)12/h1-4,7,12,15H,5-6,8H2,(H,17,18). The lowest BCUT2D eigenvalue weighted by Crippen LogP contribution is -2.19. The third-order valence-electron chi connectivity index (χ3n) is 3.52. The average molecular weight is 258 g/mol. The second kappa shape index (κ2) is 4.85. The lowest BCUT2D eigenvalue weighted by Gasteiger charge is -2.12. The van der Waals surface area contributed by atoms with Gasteiger partial charge in [-0.1, -0.05) is 29.4 Å². The Kier molecular flexibility index (Phi) is 3.05. The monoisotopic (exact) mass is 258 g/mol. The van der Waals surface area contributed by atoms with Gasteiger partial charge in [0, 0.05) is 6.04 Å². The zero-order valence-electron chi connectivity index (χ0n) is 10.3. The normalized spacial score (nSPS) is 17.4. The first-order valence-corrected chi connectivity index (χ1v) is 6.23. The highest BCUT2D eigenvalue weighted by atomic mass is 16.5. The molecule has 1 heterocycles. The topological polar surface area (TPSA) is 75.4 Å². The Morgan fingerprint density at radius 1 is 1.47 bits per heavy atom. The number of carbonyl (C=O) groups is 1. The Balaban J connectivity index is 1.71. The molecule has 0 fully saturated rings. The van der Waals surface area contributed by atoms with Crippen LogP contribution in [0.15, 0.2) is 35.0 Å². The third-order valence-corrected chi connectivity index (χ3v) is 3.52. The van der Waals surface area contributed by atoms with Crippen LogP contribution >= 0.6 is 0 Å². The van der Waals surface area contributed by atoms with Crippen molar-refractivity contribution < 1.29 is 14.4 Å². The Hall–Kier alpha value is -2.14. The molecule has 1 aliphatic rings. The minimum absolute atomic E-state index is 0.124. The van der Waals surface area contributed by atoms with E-state index in [-0.39, 0.29) is 11.6 Å². The van der Waals surface area contributed by atoms with Crippen molar-refractivity contribution in [1.29, 1.82) is 0 Å². The zero-order chi connectivity index (χ0) is 13.2. The predicted octanol–water partition coefficient (Wildman–Crippen LogP) is 2.15. The van der Waals surface area contributed by atoms with E-state index in [4.69, 9.17) is 9.63 Å². The summed E-state index contributed by atoms with van der Waals surface area (Å²) in [5.41, 5.74) is 2.77. The summed E-state index contributed by atoms with van der Waals surface area (Å²) < 4.78 is 4.98. The minimum atomic E-state index is -1.01. The maximum Gasteiger partial charge on any atom is 0.341 e. The summed E-state index contributed by atoms with van der Waals surface area (Å²) in [4.78, 5) is 10.9. The van der Waals surface area contributed by atoms with Crippen molar-refractivity contribution in [3.63, 3.8) is 0 Å². The van der Waals surface area contributed by atoms with Gasteiger partial charge in [-0.05, 0) is 24.0 Å². The summed E-state index contributed by atoms with van der Waals surface area (Å²) in [5.74, 6) is -0.637. The molecule has 0 aliphatic heterocycles. The van der Waals surface area contributed by atoms with E-state index in [9.17, 15) is 4.79 Å². The summed E-state index contributed by atoms with van der Waals surface area (Å²) in [5, 5.41) is 15.9. The SMILES string of the molecule is O=C(O)c1cnoc1CNC1CCc2ccccc21. The van der Waals surface area contributed by atoms with Crippen LogP contribution in [0.25, 0.3) is 0 Å². The van der Waals surface area contributed by atoms with Crippen LogP contribution in [0.5, 0.6) is 0 Å². The van der Waals surface area contributed by atoms with Gasteiger partial charge < -0.3 is 14.9 Å². The second-order valence-corrected chi connectivity index (χ2v) is 4.64. The molecular weight excluding hydrogens is 244 g/mol. The quantitative estimate of drug-likeness (QED) is 0.878. The van der Waals surface area contributed by atoms with Crippen molar-refractivity contribution in [1.82, 2.24) is 10.5 Å². The molecule has 0 spiro atoms. The lowest BCUT2D eigenvalue weighted by molar-refractivity contribution is 0.0694. The van der Waals surface area contributed by atoms with Crippen LogP contribution in [-0.4, -0.2) is 16.2 Å². The maximum absolute atomic E-state index is 10.9. The number of rotatable bonds is 4. The molecule has 2 aromatic rings. The van der Waals surface area contributed by atoms with E-state index in [1.165, 1.54) is 17.3 Å². The Labute approximate surface area is 110 Å². The molecule has 0 amide bonds. The Morgan fingerprint density at radius 2 is 2.32 bits per heavy atom. The van der Waals surface area contributed by atoms with Gasteiger partial charge in [0.1, 0.15) is 5.56 Å². The number of hydrogen-bond acceptors (Lipinski definition) is 4. The number of fused-ring (bicyclic) bond motifs is 1. The van der Waals surface area contributed by atoms with Gasteiger partial charge in [0.2, 0.25) is 0 Å². The van der Waals surface area contributed by atoms with Gasteiger partial charge in [-0.2, -0.15) is 0 Å². The number of aromatic carboxylic acids is 1. The minimum Gasteiger partial charge on any atom is -0.478 e. The number of aryl methyl sites for hydroxylation is 1. The Bertz CT molecular complexity index is 606. The Morgan fingerprint density at radius 3 is 3.16 bits per heavy atom. The number of carboxylic acids is 1. The number of hydrogen-bond donors (Lipinski definition) is 2. The van der Waals surface area contributed by atoms with E-state index in [0.717, 1.165) is 12.8 Å². The van der Waals surface area contributed by atoms with Crippen LogP contribution in [0.3, 0.4) is 0 Å². The molecule has 19 heavy (non-hydrogen) atoms. The highest BCUT2D eigenvalue weighted by Gasteiger charge is 2.23. The van der Waals surface area contributed by atoms with Gasteiger partial charge in [0.15, 0.2) is 5.76 Å².